The van der Waals surface area contributed by atoms with Gasteiger partial charge in [0.2, 0.25) is 0 Å². The number of fused-ring (bicyclic) bond motifs is 4. The fourth-order valence-corrected chi connectivity index (χ4v) is 4.47. The van der Waals surface area contributed by atoms with E-state index in [0.29, 0.717) is 18.4 Å². The van der Waals surface area contributed by atoms with Crippen molar-refractivity contribution in [2.75, 3.05) is 7.11 Å². The van der Waals surface area contributed by atoms with E-state index in [2.05, 4.69) is 24.3 Å². The monoisotopic (exact) mass is 308 g/mol. The predicted octanol–water partition coefficient (Wildman–Crippen LogP) is 3.48. The van der Waals surface area contributed by atoms with Gasteiger partial charge in [-0.3, -0.25) is 4.79 Å². The summed E-state index contributed by atoms with van der Waals surface area (Å²) in [6.07, 6.45) is 5.90. The highest BCUT2D eigenvalue weighted by atomic mass is 16.5. The van der Waals surface area contributed by atoms with Crippen LogP contribution in [0.4, 0.5) is 0 Å². The zero-order valence-electron chi connectivity index (χ0n) is 13.3. The molecule has 0 radical (unpaired) electrons. The third-order valence-electron chi connectivity index (χ3n) is 5.51. The number of ether oxygens (including phenoxy) is 1. The summed E-state index contributed by atoms with van der Waals surface area (Å²) in [6, 6.07) is 8.55. The van der Waals surface area contributed by atoms with Gasteiger partial charge in [-0.25, -0.2) is 4.79 Å². The molecule has 2 atom stereocenters. The van der Waals surface area contributed by atoms with Crippen LogP contribution >= 0.6 is 0 Å². The first-order valence-corrected chi connectivity index (χ1v) is 8.32. The highest BCUT2D eigenvalue weighted by molar-refractivity contribution is 5.95. The van der Waals surface area contributed by atoms with Gasteiger partial charge in [0.25, 0.3) is 0 Å². The van der Waals surface area contributed by atoms with Crippen LogP contribution in [0.2, 0.25) is 0 Å². The fraction of sp³-hybridized carbons (Fsp3) is 0.400. The number of hydrogen-bond acceptors (Lipinski definition) is 3. The highest BCUT2D eigenvalue weighted by Crippen LogP contribution is 2.50. The zero-order chi connectivity index (χ0) is 16.0. The highest BCUT2D eigenvalue weighted by Gasteiger charge is 2.41. The molecule has 4 rings (SSSR count). The smallest absolute Gasteiger partial charge is 0.334 e. The standard InChI is InChI=1S/C20H20O3/c1-23-20(22)18-10-13-7-6-12-4-2-3-5-15(12)19(13)16-9-8-14(21)11-17(16)18/h2-5,10,16-17H,6-9,11H2,1H3/t16-,17+/m0/s1. The molecule has 0 heterocycles. The molecule has 0 aliphatic heterocycles. The van der Waals surface area contributed by atoms with Crippen LogP contribution in [0.3, 0.4) is 0 Å². The number of allylic oxidation sites excluding steroid dienone is 3. The van der Waals surface area contributed by atoms with E-state index in [1.165, 1.54) is 29.4 Å². The molecule has 1 aromatic rings. The minimum absolute atomic E-state index is 0.0198. The van der Waals surface area contributed by atoms with Crippen LogP contribution in [0.15, 0.2) is 41.5 Å². The Morgan fingerprint density at radius 2 is 1.96 bits per heavy atom. The number of aryl methyl sites for hydroxylation is 1. The SMILES string of the molecule is COC(=O)C1=CC2=C(c3ccccc3CC2)[C@H]2CCC(=O)C[C@@H]12. The first-order valence-electron chi connectivity index (χ1n) is 8.32. The number of esters is 1. The third-order valence-corrected chi connectivity index (χ3v) is 5.51. The molecule has 23 heavy (non-hydrogen) atoms. The molecule has 1 fully saturated rings. The van der Waals surface area contributed by atoms with Gasteiger partial charge in [0.1, 0.15) is 5.78 Å². The van der Waals surface area contributed by atoms with Crippen LogP contribution in [0, 0.1) is 11.8 Å². The van der Waals surface area contributed by atoms with Gasteiger partial charge in [-0.15, -0.1) is 0 Å². The second-order valence-corrected chi connectivity index (χ2v) is 6.68. The number of carbonyl (C=O) groups excluding carboxylic acids is 2. The van der Waals surface area contributed by atoms with Crippen LogP contribution in [0.5, 0.6) is 0 Å². The minimum atomic E-state index is -0.278. The molecule has 1 aromatic carbocycles. The minimum Gasteiger partial charge on any atom is -0.466 e. The lowest BCUT2D eigenvalue weighted by Crippen LogP contribution is -2.34. The Morgan fingerprint density at radius 1 is 1.13 bits per heavy atom. The maximum atomic E-state index is 12.2. The van der Waals surface area contributed by atoms with Gasteiger partial charge in [0.05, 0.1) is 7.11 Å². The van der Waals surface area contributed by atoms with Crippen molar-refractivity contribution in [3.63, 3.8) is 0 Å². The van der Waals surface area contributed by atoms with Crippen molar-refractivity contribution >= 4 is 17.3 Å². The number of carbonyl (C=O) groups is 2. The Kier molecular flexibility index (Phi) is 3.44. The third kappa shape index (κ3) is 2.26. The molecule has 0 unspecified atom stereocenters. The van der Waals surface area contributed by atoms with Crippen molar-refractivity contribution in [1.29, 1.82) is 0 Å². The molecule has 0 saturated heterocycles. The Labute approximate surface area is 136 Å². The maximum Gasteiger partial charge on any atom is 0.334 e. The van der Waals surface area contributed by atoms with E-state index in [-0.39, 0.29) is 23.6 Å². The number of methoxy groups -OCH3 is 1. The average molecular weight is 308 g/mol. The van der Waals surface area contributed by atoms with E-state index in [1.807, 2.05) is 6.08 Å². The van der Waals surface area contributed by atoms with Gasteiger partial charge in [0.15, 0.2) is 0 Å². The molecule has 0 amide bonds. The molecule has 3 aliphatic rings. The van der Waals surface area contributed by atoms with Crippen LogP contribution in [-0.2, 0) is 20.7 Å². The molecule has 0 aromatic heterocycles. The van der Waals surface area contributed by atoms with Crippen molar-refractivity contribution in [2.24, 2.45) is 11.8 Å². The molecule has 1 saturated carbocycles. The summed E-state index contributed by atoms with van der Waals surface area (Å²) in [5.74, 6) is 0.228. The molecule has 0 bridgehead atoms. The molecular weight excluding hydrogens is 288 g/mol. The maximum absolute atomic E-state index is 12.2. The van der Waals surface area contributed by atoms with Crippen molar-refractivity contribution in [1.82, 2.24) is 0 Å². The van der Waals surface area contributed by atoms with Crippen LogP contribution in [0.25, 0.3) is 5.57 Å². The molecule has 0 spiro atoms. The van der Waals surface area contributed by atoms with Gasteiger partial charge in [0, 0.05) is 24.3 Å². The largest absolute Gasteiger partial charge is 0.466 e. The van der Waals surface area contributed by atoms with Gasteiger partial charge in [-0.1, -0.05) is 24.3 Å². The number of ketones is 1. The summed E-state index contributed by atoms with van der Waals surface area (Å²) in [5.41, 5.74) is 6.04. The Morgan fingerprint density at radius 3 is 2.78 bits per heavy atom. The molecule has 118 valence electrons. The molecule has 0 N–H and O–H groups in total. The summed E-state index contributed by atoms with van der Waals surface area (Å²) in [6.45, 7) is 0. The number of Topliss-reactive ketones (excluding diaryl/α,β-unsaturated/α-hetero) is 1. The Bertz CT molecular complexity index is 754. The molecule has 3 heteroatoms. The second-order valence-electron chi connectivity index (χ2n) is 6.68. The van der Waals surface area contributed by atoms with E-state index in [9.17, 15) is 9.59 Å². The van der Waals surface area contributed by atoms with Crippen molar-refractivity contribution in [3.05, 3.63) is 52.6 Å². The average Bonchev–Trinajstić information content (AvgIpc) is 2.59. The lowest BCUT2D eigenvalue weighted by Gasteiger charge is -2.40. The fourth-order valence-electron chi connectivity index (χ4n) is 4.47. The lowest BCUT2D eigenvalue weighted by molar-refractivity contribution is -0.137. The van der Waals surface area contributed by atoms with Crippen LogP contribution < -0.4 is 0 Å². The van der Waals surface area contributed by atoms with Crippen molar-refractivity contribution < 1.29 is 14.3 Å². The van der Waals surface area contributed by atoms with Crippen molar-refractivity contribution in [3.8, 4) is 0 Å². The second kappa shape index (κ2) is 5.48. The number of hydrogen-bond donors (Lipinski definition) is 0. The van der Waals surface area contributed by atoms with E-state index < -0.39 is 0 Å². The Balaban J connectivity index is 1.87. The summed E-state index contributed by atoms with van der Waals surface area (Å²) in [4.78, 5) is 24.2. The number of rotatable bonds is 1. The van der Waals surface area contributed by atoms with Crippen LogP contribution in [-0.4, -0.2) is 18.9 Å². The lowest BCUT2D eigenvalue weighted by atomic mass is 9.63. The van der Waals surface area contributed by atoms with Gasteiger partial charge in [-0.05, 0) is 53.5 Å². The first kappa shape index (κ1) is 14.4. The quantitative estimate of drug-likeness (QED) is 0.746. The van der Waals surface area contributed by atoms with Gasteiger partial charge in [-0.2, -0.15) is 0 Å². The van der Waals surface area contributed by atoms with Gasteiger partial charge < -0.3 is 4.74 Å². The zero-order valence-corrected chi connectivity index (χ0v) is 13.3. The molecule has 3 aliphatic carbocycles. The van der Waals surface area contributed by atoms with Crippen molar-refractivity contribution in [2.45, 2.75) is 32.1 Å². The molecular formula is C20H20O3. The summed E-state index contributed by atoms with van der Waals surface area (Å²) >= 11 is 0. The first-order chi connectivity index (χ1) is 11.2. The summed E-state index contributed by atoms with van der Waals surface area (Å²) < 4.78 is 4.98. The van der Waals surface area contributed by atoms with E-state index in [1.54, 1.807) is 0 Å². The molecule has 3 nitrogen and oxygen atoms in total. The van der Waals surface area contributed by atoms with E-state index >= 15 is 0 Å². The topological polar surface area (TPSA) is 43.4 Å². The summed E-state index contributed by atoms with van der Waals surface area (Å²) in [7, 11) is 1.42. The van der Waals surface area contributed by atoms with E-state index in [4.69, 9.17) is 4.74 Å². The summed E-state index contributed by atoms with van der Waals surface area (Å²) in [5, 5.41) is 0. The normalized spacial score (nSPS) is 26.0. The Hall–Kier alpha value is -2.16. The predicted molar refractivity (Wildman–Crippen MR) is 87.6 cm³/mol. The van der Waals surface area contributed by atoms with E-state index in [0.717, 1.165) is 19.3 Å². The van der Waals surface area contributed by atoms with Gasteiger partial charge >= 0.3 is 5.97 Å². The van der Waals surface area contributed by atoms with Crippen LogP contribution in [0.1, 0.15) is 36.8 Å². The number of benzene rings is 1.